The number of pyridine rings is 5. The van der Waals surface area contributed by atoms with Gasteiger partial charge in [-0.05, 0) is 173 Å². The van der Waals surface area contributed by atoms with Gasteiger partial charge in [-0.3, -0.25) is 30.1 Å². The maximum Gasteiger partial charge on any atom is 0.514 e. The number of nitro benzene ring substituents is 1. The average Bonchev–Trinajstić information content (AvgIpc) is 1.73. The molecular weight excluding hydrogens is 1560 g/mol. The van der Waals surface area contributed by atoms with Crippen LogP contribution in [0.15, 0.2) is 164 Å². The van der Waals surface area contributed by atoms with Gasteiger partial charge in [0.15, 0.2) is 11.4 Å². The molecule has 0 unspecified atom stereocenters. The molecule has 95 heavy (non-hydrogen) atoms. The van der Waals surface area contributed by atoms with Gasteiger partial charge in [0.25, 0.3) is 5.69 Å². The number of benzene rings is 1. The third-order valence-electron chi connectivity index (χ3n) is 11.6. The smallest absolute Gasteiger partial charge is 0.461 e. The number of aliphatic hydroxyl groups excluding tert-OH is 1. The molecule has 0 atom stereocenters. The largest absolute Gasteiger partial charge is 0.514 e. The molecule has 0 fully saturated rings. The summed E-state index contributed by atoms with van der Waals surface area (Å²) in [6.45, 7) is 12.2. The Morgan fingerprint density at radius 2 is 1.03 bits per heavy atom. The second kappa shape index (κ2) is 40.4. The number of aliphatic hydroxyl groups is 1. The minimum absolute atomic E-state index is 0. The van der Waals surface area contributed by atoms with Crippen LogP contribution in [-0.4, -0.2) is 124 Å². The van der Waals surface area contributed by atoms with E-state index in [0.717, 1.165) is 39.4 Å². The number of nitrogens with zero attached hydrogens (tertiary/aromatic N) is 15. The number of nitriles is 1. The Hall–Kier alpha value is -9.77. The molecule has 0 bridgehead atoms. The Bertz CT molecular complexity index is 4180. The van der Waals surface area contributed by atoms with E-state index in [4.69, 9.17) is 30.8 Å². The summed E-state index contributed by atoms with van der Waals surface area (Å²) in [6, 6.07) is 25.2. The summed E-state index contributed by atoms with van der Waals surface area (Å²) >= 11 is 16.5. The molecule has 0 saturated heterocycles. The summed E-state index contributed by atoms with van der Waals surface area (Å²) in [4.78, 5) is 98.8. The van der Waals surface area contributed by atoms with Crippen molar-refractivity contribution in [2.45, 2.75) is 41.4 Å². The molecule has 0 aliphatic carbocycles. The molecule has 9 heterocycles. The van der Waals surface area contributed by atoms with Crippen molar-refractivity contribution in [2.75, 3.05) is 26.4 Å². The Morgan fingerprint density at radius 1 is 0.589 bits per heavy atom. The average molecular weight is 1620 g/mol. The van der Waals surface area contributed by atoms with Crippen LogP contribution in [0.1, 0.15) is 66.3 Å². The number of hydrogen-bond donors (Lipinski definition) is 2. The van der Waals surface area contributed by atoms with Crippen LogP contribution in [0.25, 0.3) is 50.4 Å². The molecule has 0 saturated carbocycles. The number of H-pyrrole nitrogens is 1. The van der Waals surface area contributed by atoms with Crippen LogP contribution in [0.4, 0.5) is 10.5 Å². The van der Waals surface area contributed by atoms with E-state index in [2.05, 4.69) is 139 Å². The van der Waals surface area contributed by atoms with Crippen molar-refractivity contribution >= 4 is 109 Å². The fraction of sp³-hybridized carbons (Fsp3) is 0.210. The number of aromatic nitrogens is 13. The minimum Gasteiger partial charge on any atom is -0.461 e. The van der Waals surface area contributed by atoms with Crippen LogP contribution in [0, 0.1) is 28.0 Å². The number of halogens is 5. The van der Waals surface area contributed by atoms with E-state index in [1.807, 2.05) is 43.4 Å². The summed E-state index contributed by atoms with van der Waals surface area (Å²) < 4.78 is 34.1. The maximum atomic E-state index is 11.9. The molecule has 10 aromatic rings. The monoisotopic (exact) mass is 1610 g/mol. The number of aromatic amines is 1. The molecule has 28 nitrogen and oxygen atoms in total. The summed E-state index contributed by atoms with van der Waals surface area (Å²) in [6.07, 6.45) is 13.6. The number of carbonyl (C=O) groups excluding carboxylic acids is 4. The quantitative estimate of drug-likeness (QED) is 0.0240. The van der Waals surface area contributed by atoms with Crippen molar-refractivity contribution in [3.63, 3.8) is 0 Å². The lowest BCUT2D eigenvalue weighted by Crippen LogP contribution is -2.12. The zero-order chi connectivity index (χ0) is 68.7. The molecule has 0 aliphatic heterocycles. The molecule has 0 aliphatic rings. The molecular formula is C62H59Br5N16O12. The van der Waals surface area contributed by atoms with Gasteiger partial charge in [0.1, 0.15) is 46.9 Å². The predicted octanol–water partition coefficient (Wildman–Crippen LogP) is 13.3. The predicted molar refractivity (Wildman–Crippen MR) is 365 cm³/mol. The van der Waals surface area contributed by atoms with Gasteiger partial charge < -0.3 is 52.3 Å². The molecule has 494 valence electrons. The van der Waals surface area contributed by atoms with Crippen molar-refractivity contribution in [1.82, 2.24) is 63.5 Å². The summed E-state index contributed by atoms with van der Waals surface area (Å²) in [5.74, 6) is -1.12. The van der Waals surface area contributed by atoms with E-state index in [1.165, 1.54) is 30.6 Å². The number of esters is 3. The third kappa shape index (κ3) is 24.6. The number of hydrogen-bond acceptors (Lipinski definition) is 22. The first-order valence-corrected chi connectivity index (χ1v) is 31.2. The summed E-state index contributed by atoms with van der Waals surface area (Å²) in [7, 11) is 5.37. The van der Waals surface area contributed by atoms with Crippen LogP contribution in [0.5, 0.6) is 5.75 Å². The second-order valence-electron chi connectivity index (χ2n) is 18.0. The van der Waals surface area contributed by atoms with Gasteiger partial charge in [0.2, 0.25) is 0 Å². The molecule has 2 N–H and O–H groups in total. The van der Waals surface area contributed by atoms with Gasteiger partial charge in [-0.1, -0.05) is 7.43 Å². The van der Waals surface area contributed by atoms with E-state index in [1.54, 1.807) is 129 Å². The third-order valence-corrected chi connectivity index (χ3v) is 13.9. The summed E-state index contributed by atoms with van der Waals surface area (Å²) in [5.41, 5.74) is 7.50. The highest BCUT2D eigenvalue weighted by molar-refractivity contribution is 9.11. The Labute approximate surface area is 586 Å². The number of nitrogens with one attached hydrogen (secondary N) is 1. The standard InChI is InChI=1S/C17H13BrN4O5.C12H12BrN3O2.C11H10BrN3O2.C10H10BrN3O.C6H3BrN2.C5H7NO2.CH4/c1-21-10-20-16(14-7-2-11(18)8-19-14)15(21)9-26-17(23)27-13-5-3-12(4-6-13)22(24)25;1-3-18-12(17)11-10(15-7-16(11)2)9-5-4-8(13)6-14-9;1-2-17-11(16)10-9(14-6-15-10)8-4-3-7(12)5-13-8;1-14-6-13-10(9(14)5-15)8-3-2-7(11)4-12-8;7-5-1-2-6(3-8)9-4-5;1-3-8-5(7)4-6-2;/h2-8,10H,9H2,1H3;4-7H,3H2,1-2H3;3-6H,2H2,1H3,(H,14,15);2-4,6,15H,5H2,1H3;1-2,4H;3-4H2,1H3;1H4. The SMILES string of the molecule is C.CCOC(=O)c1[nH]cnc1-c1ccc(Br)cn1.CCOC(=O)c1c(-c2ccc(Br)cn2)ncn1C.Cn1cnc(-c2ccc(Br)cn2)c1CO.Cn1cnc(-c2ccc(Br)cn2)c1COC(=O)Oc1ccc([N+](=O)[O-])cc1.N#Cc1ccc(Br)cn1.[C-]#[N+]CC(=O)OCC. The first kappa shape index (κ1) is 77.7. The number of aryl methyl sites for hydroxylation is 3. The molecule has 9 aromatic heterocycles. The van der Waals surface area contributed by atoms with Crippen molar-refractivity contribution in [3.05, 3.63) is 214 Å². The van der Waals surface area contributed by atoms with E-state index in [0.29, 0.717) is 76.8 Å². The van der Waals surface area contributed by atoms with Crippen LogP contribution in [-0.2, 0) is 58.1 Å². The number of rotatable bonds is 15. The van der Waals surface area contributed by atoms with Gasteiger partial charge in [0, 0.05) is 86.6 Å². The van der Waals surface area contributed by atoms with Gasteiger partial charge in [0.05, 0.1) is 90.8 Å². The fourth-order valence-electron chi connectivity index (χ4n) is 7.27. The Balaban J connectivity index is 0.000000253. The first-order valence-electron chi connectivity index (χ1n) is 27.2. The van der Waals surface area contributed by atoms with Crippen LogP contribution in [0.2, 0.25) is 0 Å². The molecule has 0 spiro atoms. The summed E-state index contributed by atoms with van der Waals surface area (Å²) in [5, 5.41) is 28.1. The van der Waals surface area contributed by atoms with Crippen LogP contribution < -0.4 is 4.74 Å². The zero-order valence-electron chi connectivity index (χ0n) is 50.6. The maximum absolute atomic E-state index is 11.9. The lowest BCUT2D eigenvalue weighted by atomic mass is 10.2. The highest BCUT2D eigenvalue weighted by atomic mass is 79.9. The van der Waals surface area contributed by atoms with E-state index in [-0.39, 0.29) is 38.6 Å². The molecule has 1 aromatic carbocycles. The van der Waals surface area contributed by atoms with Crippen molar-refractivity contribution in [1.29, 1.82) is 5.26 Å². The zero-order valence-corrected chi connectivity index (χ0v) is 58.5. The normalized spacial score (nSPS) is 9.87. The lowest BCUT2D eigenvalue weighted by Gasteiger charge is -2.08. The highest BCUT2D eigenvalue weighted by Gasteiger charge is 2.22. The Kier molecular flexibility index (Phi) is 33.0. The van der Waals surface area contributed by atoms with Crippen molar-refractivity contribution < 1.29 is 52.9 Å². The number of non-ortho nitro benzene ring substituents is 1. The van der Waals surface area contributed by atoms with Crippen molar-refractivity contribution in [2.24, 2.45) is 21.1 Å². The van der Waals surface area contributed by atoms with E-state index < -0.39 is 29.0 Å². The van der Waals surface area contributed by atoms with Crippen molar-refractivity contribution in [3.8, 4) is 57.4 Å². The van der Waals surface area contributed by atoms with Crippen LogP contribution >= 0.6 is 79.6 Å². The molecule has 0 amide bonds. The Morgan fingerprint density at radius 3 is 1.47 bits per heavy atom. The van der Waals surface area contributed by atoms with Crippen LogP contribution in [0.3, 0.4) is 0 Å². The first-order chi connectivity index (χ1) is 45.1. The minimum atomic E-state index is -0.931. The van der Waals surface area contributed by atoms with E-state index >= 15 is 0 Å². The van der Waals surface area contributed by atoms with Gasteiger partial charge in [-0.25, -0.2) is 50.7 Å². The number of imidazole rings is 4. The lowest BCUT2D eigenvalue weighted by molar-refractivity contribution is -0.384. The van der Waals surface area contributed by atoms with E-state index in [9.17, 15) is 34.4 Å². The van der Waals surface area contributed by atoms with Gasteiger partial charge in [-0.15, -0.1) is 0 Å². The van der Waals surface area contributed by atoms with Gasteiger partial charge in [-0.2, -0.15) is 5.26 Å². The van der Waals surface area contributed by atoms with Gasteiger partial charge >= 0.3 is 30.6 Å². The fourth-order valence-corrected chi connectivity index (χ4v) is 8.44. The topological polar surface area (TPSA) is 353 Å². The second-order valence-corrected chi connectivity index (χ2v) is 22.6. The number of ether oxygens (including phenoxy) is 5. The number of carbonyl (C=O) groups is 4. The number of nitro groups is 1. The molecule has 0 radical (unpaired) electrons. The molecule has 33 heteroatoms. The highest BCUT2D eigenvalue weighted by Crippen LogP contribution is 2.26. The molecule has 10 rings (SSSR count).